The molecule has 0 atom stereocenters. The molecule has 6 heteroatoms. The number of nitrogens with one attached hydrogen (secondary N) is 1. The number of halogens is 1. The molecule has 0 unspecified atom stereocenters. The summed E-state index contributed by atoms with van der Waals surface area (Å²) in [7, 11) is 0. The van der Waals surface area contributed by atoms with Crippen LogP contribution in [0.2, 0.25) is 0 Å². The number of ether oxygens (including phenoxy) is 3. The van der Waals surface area contributed by atoms with Gasteiger partial charge in [-0.1, -0.05) is 12.8 Å². The van der Waals surface area contributed by atoms with Crippen LogP contribution in [0.25, 0.3) is 0 Å². The molecule has 0 bridgehead atoms. The van der Waals surface area contributed by atoms with Gasteiger partial charge < -0.3 is 19.5 Å². The molecule has 1 fully saturated rings. The normalized spacial score (nSPS) is 18.1. The topological polar surface area (TPSA) is 56.8 Å². The molecule has 0 radical (unpaired) electrons. The maximum atomic E-state index is 14.6. The van der Waals surface area contributed by atoms with Gasteiger partial charge in [-0.15, -0.1) is 0 Å². The van der Waals surface area contributed by atoms with Crippen molar-refractivity contribution in [1.29, 1.82) is 0 Å². The van der Waals surface area contributed by atoms with Gasteiger partial charge in [-0.2, -0.15) is 0 Å². The van der Waals surface area contributed by atoms with Gasteiger partial charge in [-0.3, -0.25) is 4.79 Å². The lowest BCUT2D eigenvalue weighted by atomic mass is 9.97. The highest BCUT2D eigenvalue weighted by Crippen LogP contribution is 2.41. The molecule has 0 amide bonds. The highest BCUT2D eigenvalue weighted by Gasteiger charge is 2.28. The maximum Gasteiger partial charge on any atom is 0.231 e. The molecule has 5 rings (SSSR count). The van der Waals surface area contributed by atoms with E-state index in [1.165, 1.54) is 6.07 Å². The molecule has 0 spiro atoms. The second kappa shape index (κ2) is 5.90. The number of rotatable bonds is 2. The van der Waals surface area contributed by atoms with Crippen molar-refractivity contribution in [2.75, 3.05) is 12.1 Å². The Labute approximate surface area is 150 Å². The summed E-state index contributed by atoms with van der Waals surface area (Å²) in [4.78, 5) is 13.0. The van der Waals surface area contributed by atoms with Crippen LogP contribution in [0.15, 0.2) is 24.3 Å². The van der Waals surface area contributed by atoms with Gasteiger partial charge in [-0.25, -0.2) is 4.39 Å². The first-order valence-electron chi connectivity index (χ1n) is 8.89. The van der Waals surface area contributed by atoms with Crippen LogP contribution in [0, 0.1) is 5.82 Å². The Morgan fingerprint density at radius 1 is 0.923 bits per heavy atom. The fourth-order valence-corrected chi connectivity index (χ4v) is 3.87. The number of carbonyl (C=O) groups is 1. The van der Waals surface area contributed by atoms with E-state index in [4.69, 9.17) is 14.2 Å². The minimum Gasteiger partial charge on any atom is -0.488 e. The molecular formula is C20H18FNO4. The van der Waals surface area contributed by atoms with Gasteiger partial charge in [0.05, 0.1) is 11.3 Å². The third-order valence-corrected chi connectivity index (χ3v) is 5.25. The highest BCUT2D eigenvalue weighted by molar-refractivity contribution is 6.12. The number of benzene rings is 2. The zero-order valence-electron chi connectivity index (χ0n) is 14.1. The van der Waals surface area contributed by atoms with Crippen LogP contribution in [0.5, 0.6) is 17.2 Å². The van der Waals surface area contributed by atoms with Crippen molar-refractivity contribution in [1.82, 2.24) is 0 Å². The van der Waals surface area contributed by atoms with Crippen LogP contribution in [0.4, 0.5) is 10.1 Å². The molecule has 1 N–H and O–H groups in total. The van der Waals surface area contributed by atoms with Gasteiger partial charge in [0.1, 0.15) is 18.2 Å². The fourth-order valence-electron chi connectivity index (χ4n) is 3.87. The van der Waals surface area contributed by atoms with Crippen LogP contribution in [-0.4, -0.2) is 18.6 Å². The van der Waals surface area contributed by atoms with Crippen molar-refractivity contribution in [3.63, 3.8) is 0 Å². The lowest BCUT2D eigenvalue weighted by molar-refractivity contribution is 0.103. The highest BCUT2D eigenvalue weighted by atomic mass is 19.1. The van der Waals surface area contributed by atoms with Crippen LogP contribution in [-0.2, 0) is 6.61 Å². The Bertz CT molecular complexity index is 905. The van der Waals surface area contributed by atoms with E-state index in [1.54, 1.807) is 18.2 Å². The Morgan fingerprint density at radius 2 is 1.69 bits per heavy atom. The molecule has 2 aromatic rings. The van der Waals surface area contributed by atoms with E-state index < -0.39 is 5.82 Å². The SMILES string of the molecule is O=C1c2cc(F)c(NC3CCCC3)cc2COc2cc3c(cc21)OCO3. The van der Waals surface area contributed by atoms with Gasteiger partial charge in [0, 0.05) is 23.2 Å². The Morgan fingerprint density at radius 3 is 2.50 bits per heavy atom. The number of anilines is 1. The number of hydrogen-bond acceptors (Lipinski definition) is 5. The zero-order valence-corrected chi connectivity index (χ0v) is 14.1. The molecule has 2 aromatic carbocycles. The molecule has 0 aromatic heterocycles. The first-order valence-corrected chi connectivity index (χ1v) is 8.89. The Hall–Kier alpha value is -2.76. The zero-order chi connectivity index (χ0) is 17.7. The lowest BCUT2D eigenvalue weighted by Crippen LogP contribution is -2.16. The predicted molar refractivity (Wildman–Crippen MR) is 92.6 cm³/mol. The molecule has 1 saturated carbocycles. The third-order valence-electron chi connectivity index (χ3n) is 5.25. The van der Waals surface area contributed by atoms with Crippen molar-refractivity contribution in [2.45, 2.75) is 38.3 Å². The monoisotopic (exact) mass is 355 g/mol. The van der Waals surface area contributed by atoms with Gasteiger partial charge in [0.25, 0.3) is 0 Å². The van der Waals surface area contributed by atoms with E-state index in [-0.39, 0.29) is 19.2 Å². The lowest BCUT2D eigenvalue weighted by Gasteiger charge is -2.16. The summed E-state index contributed by atoms with van der Waals surface area (Å²) in [6, 6.07) is 6.58. The molecule has 0 saturated heterocycles. The van der Waals surface area contributed by atoms with E-state index in [0.29, 0.717) is 45.7 Å². The quantitative estimate of drug-likeness (QED) is 0.881. The summed E-state index contributed by atoms with van der Waals surface area (Å²) in [6.07, 6.45) is 4.41. The second-order valence-electron chi connectivity index (χ2n) is 6.93. The van der Waals surface area contributed by atoms with Crippen LogP contribution in [0.3, 0.4) is 0 Å². The predicted octanol–water partition coefficient (Wildman–Crippen LogP) is 4.03. The summed E-state index contributed by atoms with van der Waals surface area (Å²) in [5.41, 5.74) is 1.81. The first-order chi connectivity index (χ1) is 12.7. The summed E-state index contributed by atoms with van der Waals surface area (Å²) in [6.45, 7) is 0.321. The van der Waals surface area contributed by atoms with E-state index in [9.17, 15) is 9.18 Å². The molecule has 5 nitrogen and oxygen atoms in total. The average molecular weight is 355 g/mol. The standard InChI is InChI=1S/C20H18FNO4/c21-15-6-13-11(5-16(15)22-12-3-1-2-4-12)9-24-17-8-19-18(25-10-26-19)7-14(17)20(13)23/h5-8,12,22H,1-4,9-10H2. The molecule has 1 aliphatic carbocycles. The van der Waals surface area contributed by atoms with Crippen molar-refractivity contribution in [2.24, 2.45) is 0 Å². The largest absolute Gasteiger partial charge is 0.488 e. The number of carbonyl (C=O) groups excluding carboxylic acids is 1. The van der Waals surface area contributed by atoms with Gasteiger partial charge >= 0.3 is 0 Å². The van der Waals surface area contributed by atoms with E-state index in [1.807, 2.05) is 0 Å². The van der Waals surface area contributed by atoms with E-state index >= 15 is 0 Å². The van der Waals surface area contributed by atoms with Crippen molar-refractivity contribution >= 4 is 11.5 Å². The molecule has 26 heavy (non-hydrogen) atoms. The number of fused-ring (bicyclic) bond motifs is 3. The van der Waals surface area contributed by atoms with Crippen LogP contribution >= 0.6 is 0 Å². The minimum atomic E-state index is -0.409. The first kappa shape index (κ1) is 15.5. The Kier molecular flexibility index (Phi) is 3.51. The molecule has 134 valence electrons. The minimum absolute atomic E-state index is 0.119. The van der Waals surface area contributed by atoms with Crippen LogP contribution < -0.4 is 19.5 Å². The summed E-state index contributed by atoms with van der Waals surface area (Å²) >= 11 is 0. The number of ketones is 1. The van der Waals surface area contributed by atoms with E-state index in [0.717, 1.165) is 25.7 Å². The molecule has 3 aliphatic rings. The summed E-state index contributed by atoms with van der Waals surface area (Å²) < 4.78 is 31.2. The molecular weight excluding hydrogens is 337 g/mol. The van der Waals surface area contributed by atoms with Gasteiger partial charge in [0.2, 0.25) is 6.79 Å². The molecule has 2 heterocycles. The average Bonchev–Trinajstić information content (AvgIpc) is 3.29. The van der Waals surface area contributed by atoms with Crippen molar-refractivity contribution in [3.8, 4) is 17.2 Å². The van der Waals surface area contributed by atoms with Gasteiger partial charge in [-0.05, 0) is 31.0 Å². The second-order valence-corrected chi connectivity index (χ2v) is 6.93. The van der Waals surface area contributed by atoms with Crippen LogP contribution in [0.1, 0.15) is 47.2 Å². The number of hydrogen-bond donors (Lipinski definition) is 1. The fraction of sp³-hybridized carbons (Fsp3) is 0.350. The summed E-state index contributed by atoms with van der Waals surface area (Å²) in [5.74, 6) is 0.813. The third kappa shape index (κ3) is 2.48. The van der Waals surface area contributed by atoms with Crippen molar-refractivity contribution < 1.29 is 23.4 Å². The Balaban J connectivity index is 1.53. The smallest absolute Gasteiger partial charge is 0.231 e. The van der Waals surface area contributed by atoms with E-state index in [2.05, 4.69) is 5.32 Å². The molecule has 2 aliphatic heterocycles. The maximum absolute atomic E-state index is 14.6. The van der Waals surface area contributed by atoms with Crippen molar-refractivity contribution in [3.05, 3.63) is 46.8 Å². The summed E-state index contributed by atoms with van der Waals surface area (Å²) in [5, 5.41) is 3.27. The van der Waals surface area contributed by atoms with Gasteiger partial charge in [0.15, 0.2) is 17.3 Å².